The fourth-order valence-electron chi connectivity index (χ4n) is 3.22. The summed E-state index contributed by atoms with van der Waals surface area (Å²) in [5, 5.41) is 0. The summed E-state index contributed by atoms with van der Waals surface area (Å²) in [5.74, 6) is -0.223. The van der Waals surface area contributed by atoms with Crippen LogP contribution in [0, 0.1) is 5.92 Å². The lowest BCUT2D eigenvalue weighted by molar-refractivity contribution is -0.137. The van der Waals surface area contributed by atoms with Crippen LogP contribution in [0.3, 0.4) is 0 Å². The first kappa shape index (κ1) is 22.3. The van der Waals surface area contributed by atoms with Gasteiger partial charge in [0.15, 0.2) is 0 Å². The van der Waals surface area contributed by atoms with Crippen molar-refractivity contribution in [2.45, 2.75) is 26.8 Å². The molecule has 6 nitrogen and oxygen atoms in total. The van der Waals surface area contributed by atoms with E-state index in [9.17, 15) is 9.59 Å². The molecule has 26 heavy (non-hydrogen) atoms. The van der Waals surface area contributed by atoms with E-state index in [4.69, 9.17) is 5.73 Å². The van der Waals surface area contributed by atoms with Gasteiger partial charge in [0.25, 0.3) is 0 Å². The third-order valence-electron chi connectivity index (χ3n) is 5.01. The van der Waals surface area contributed by atoms with E-state index in [0.717, 1.165) is 5.56 Å². The maximum atomic E-state index is 12.8. The van der Waals surface area contributed by atoms with Crippen molar-refractivity contribution in [2.24, 2.45) is 11.7 Å². The van der Waals surface area contributed by atoms with Crippen molar-refractivity contribution in [2.75, 3.05) is 39.3 Å². The van der Waals surface area contributed by atoms with Crippen molar-refractivity contribution >= 4 is 24.3 Å². The van der Waals surface area contributed by atoms with Gasteiger partial charge in [0.1, 0.15) is 0 Å². The molecule has 2 atom stereocenters. The van der Waals surface area contributed by atoms with Gasteiger partial charge in [-0.2, -0.15) is 0 Å². The van der Waals surface area contributed by atoms with E-state index in [0.29, 0.717) is 39.3 Å². The molecule has 1 aromatic carbocycles. The van der Waals surface area contributed by atoms with Crippen LogP contribution in [-0.2, 0) is 4.79 Å². The summed E-state index contributed by atoms with van der Waals surface area (Å²) < 4.78 is 0. The molecule has 0 aliphatic carbocycles. The topological polar surface area (TPSA) is 69.9 Å². The van der Waals surface area contributed by atoms with Gasteiger partial charge in [-0.3, -0.25) is 4.79 Å². The van der Waals surface area contributed by atoms with Gasteiger partial charge in [0.2, 0.25) is 5.91 Å². The van der Waals surface area contributed by atoms with Crippen molar-refractivity contribution in [3.05, 3.63) is 35.9 Å². The van der Waals surface area contributed by atoms with Crippen LogP contribution >= 0.6 is 12.4 Å². The van der Waals surface area contributed by atoms with Gasteiger partial charge in [-0.05, 0) is 19.4 Å². The predicted octanol–water partition coefficient (Wildman–Crippen LogP) is 2.35. The summed E-state index contributed by atoms with van der Waals surface area (Å²) in [5.41, 5.74) is 7.25. The zero-order chi connectivity index (χ0) is 18.4. The normalized spacial score (nSPS) is 16.5. The Balaban J connectivity index is 0.00000338. The van der Waals surface area contributed by atoms with E-state index in [1.54, 1.807) is 0 Å². The van der Waals surface area contributed by atoms with Gasteiger partial charge in [-0.25, -0.2) is 4.79 Å². The Hall–Kier alpha value is -1.79. The molecule has 146 valence electrons. The van der Waals surface area contributed by atoms with Crippen LogP contribution in [0.5, 0.6) is 0 Å². The van der Waals surface area contributed by atoms with Crippen LogP contribution < -0.4 is 5.73 Å². The minimum absolute atomic E-state index is 0. The highest BCUT2D eigenvalue weighted by Crippen LogP contribution is 2.21. The summed E-state index contributed by atoms with van der Waals surface area (Å²) in [6.07, 6.45) is 0. The maximum Gasteiger partial charge on any atom is 0.320 e. The van der Waals surface area contributed by atoms with Gasteiger partial charge < -0.3 is 20.4 Å². The Kier molecular flexibility index (Phi) is 8.88. The zero-order valence-corrected chi connectivity index (χ0v) is 16.7. The van der Waals surface area contributed by atoms with Crippen molar-refractivity contribution < 1.29 is 9.59 Å². The number of benzene rings is 1. The highest BCUT2D eigenvalue weighted by atomic mass is 35.5. The highest BCUT2D eigenvalue weighted by molar-refractivity contribution is 5.85. The van der Waals surface area contributed by atoms with Crippen LogP contribution in [0.4, 0.5) is 4.79 Å². The number of urea groups is 1. The Morgan fingerprint density at radius 1 is 1.04 bits per heavy atom. The molecular weight excluding hydrogens is 352 g/mol. The first-order chi connectivity index (χ1) is 12.0. The lowest BCUT2D eigenvalue weighted by Gasteiger charge is -2.38. The smallest absolute Gasteiger partial charge is 0.320 e. The minimum atomic E-state index is -0.316. The molecule has 0 saturated carbocycles. The van der Waals surface area contributed by atoms with E-state index in [2.05, 4.69) is 0 Å². The Bertz CT molecular complexity index is 572. The molecule has 0 radical (unpaired) electrons. The molecule has 1 fully saturated rings. The number of hydrogen-bond acceptors (Lipinski definition) is 3. The first-order valence-electron chi connectivity index (χ1n) is 9.12. The molecule has 2 N–H and O–H groups in total. The number of piperazine rings is 1. The summed E-state index contributed by atoms with van der Waals surface area (Å²) in [6, 6.07) is 9.46. The van der Waals surface area contributed by atoms with E-state index in [1.807, 2.05) is 65.8 Å². The Labute approximate surface area is 162 Å². The van der Waals surface area contributed by atoms with Crippen LogP contribution in [0.1, 0.15) is 32.4 Å². The average Bonchev–Trinajstić information content (AvgIpc) is 2.68. The van der Waals surface area contributed by atoms with Gasteiger partial charge in [-0.15, -0.1) is 12.4 Å². The first-order valence-corrected chi connectivity index (χ1v) is 9.12. The second-order valence-electron chi connectivity index (χ2n) is 6.49. The van der Waals surface area contributed by atoms with Gasteiger partial charge in [0, 0.05) is 45.3 Å². The SMILES string of the molecule is CCN(CC)C(=O)N1CCN(C(=O)C(C)C(N)c2ccccc2)CC1.Cl. The predicted molar refractivity (Wildman–Crippen MR) is 106 cm³/mol. The molecule has 1 heterocycles. The number of carbonyl (C=O) groups excluding carboxylic acids is 2. The molecule has 3 amide bonds. The molecular formula is C19H31ClN4O2. The average molecular weight is 383 g/mol. The van der Waals surface area contributed by atoms with E-state index in [1.165, 1.54) is 0 Å². The summed E-state index contributed by atoms with van der Waals surface area (Å²) in [6.45, 7) is 9.54. The van der Waals surface area contributed by atoms with Crippen LogP contribution in [0.15, 0.2) is 30.3 Å². The monoisotopic (exact) mass is 382 g/mol. The number of rotatable bonds is 5. The fraction of sp³-hybridized carbons (Fsp3) is 0.579. The zero-order valence-electron chi connectivity index (χ0n) is 15.9. The maximum absolute atomic E-state index is 12.8. The van der Waals surface area contributed by atoms with Gasteiger partial charge in [-0.1, -0.05) is 37.3 Å². The van der Waals surface area contributed by atoms with E-state index >= 15 is 0 Å². The number of halogens is 1. The quantitative estimate of drug-likeness (QED) is 0.849. The third-order valence-corrected chi connectivity index (χ3v) is 5.01. The number of hydrogen-bond donors (Lipinski definition) is 1. The molecule has 2 rings (SSSR count). The van der Waals surface area contributed by atoms with Crippen LogP contribution in [0.25, 0.3) is 0 Å². The molecule has 1 aliphatic heterocycles. The van der Waals surface area contributed by atoms with Crippen molar-refractivity contribution in [1.82, 2.24) is 14.7 Å². The second kappa shape index (κ2) is 10.4. The third kappa shape index (κ3) is 5.11. The summed E-state index contributed by atoms with van der Waals surface area (Å²) in [7, 11) is 0. The number of nitrogens with zero attached hydrogens (tertiary/aromatic N) is 3. The number of carbonyl (C=O) groups is 2. The molecule has 1 aromatic rings. The minimum Gasteiger partial charge on any atom is -0.339 e. The molecule has 0 spiro atoms. The lowest BCUT2D eigenvalue weighted by Crippen LogP contribution is -2.55. The van der Waals surface area contributed by atoms with Crippen molar-refractivity contribution in [3.8, 4) is 0 Å². The highest BCUT2D eigenvalue weighted by Gasteiger charge is 2.30. The number of nitrogens with two attached hydrogens (primary N) is 1. The molecule has 0 bridgehead atoms. The molecule has 0 aromatic heterocycles. The largest absolute Gasteiger partial charge is 0.339 e. The van der Waals surface area contributed by atoms with Crippen LogP contribution in [0.2, 0.25) is 0 Å². The van der Waals surface area contributed by atoms with E-state index < -0.39 is 0 Å². The summed E-state index contributed by atoms with van der Waals surface area (Å²) in [4.78, 5) is 30.6. The van der Waals surface area contributed by atoms with Gasteiger partial charge in [0.05, 0.1) is 5.92 Å². The number of amides is 3. The summed E-state index contributed by atoms with van der Waals surface area (Å²) >= 11 is 0. The fourth-order valence-corrected chi connectivity index (χ4v) is 3.22. The Morgan fingerprint density at radius 3 is 2.04 bits per heavy atom. The molecule has 2 unspecified atom stereocenters. The molecule has 1 aliphatic rings. The van der Waals surface area contributed by atoms with E-state index in [-0.39, 0.29) is 36.3 Å². The standard InChI is InChI=1S/C19H30N4O2.ClH/c1-4-21(5-2)19(25)23-13-11-22(12-14-23)18(24)15(3)17(20)16-9-7-6-8-10-16;/h6-10,15,17H,4-5,11-14,20H2,1-3H3;1H. The van der Waals surface area contributed by atoms with Crippen molar-refractivity contribution in [1.29, 1.82) is 0 Å². The Morgan fingerprint density at radius 2 is 1.54 bits per heavy atom. The van der Waals surface area contributed by atoms with Crippen molar-refractivity contribution in [3.63, 3.8) is 0 Å². The lowest BCUT2D eigenvalue weighted by atomic mass is 9.94. The van der Waals surface area contributed by atoms with Gasteiger partial charge >= 0.3 is 6.03 Å². The van der Waals surface area contributed by atoms with Crippen LogP contribution in [-0.4, -0.2) is 65.9 Å². The molecule has 1 saturated heterocycles. The second-order valence-corrected chi connectivity index (χ2v) is 6.49. The molecule has 7 heteroatoms.